The second-order valence-corrected chi connectivity index (χ2v) is 3.83. The van der Waals surface area contributed by atoms with Gasteiger partial charge < -0.3 is 13.9 Å². The quantitative estimate of drug-likeness (QED) is 0.779. The summed E-state index contributed by atoms with van der Waals surface area (Å²) in [7, 11) is 1.28. The fraction of sp³-hybridized carbons (Fsp3) is 0.214. The van der Waals surface area contributed by atoms with Gasteiger partial charge in [0.2, 0.25) is 0 Å². The van der Waals surface area contributed by atoms with Crippen LogP contribution in [-0.4, -0.2) is 19.7 Å². The molecule has 0 aliphatic rings. The Labute approximate surface area is 109 Å². The third-order valence-electron chi connectivity index (χ3n) is 2.61. The minimum Gasteiger partial charge on any atom is -0.489 e. The molecule has 4 nitrogen and oxygen atoms in total. The van der Waals surface area contributed by atoms with Crippen LogP contribution in [0.5, 0.6) is 5.75 Å². The van der Waals surface area contributed by atoms with E-state index < -0.39 is 17.7 Å². The molecular formula is C14H13FO4. The van der Waals surface area contributed by atoms with E-state index in [1.165, 1.54) is 25.5 Å². The SMILES string of the molecule is COC(=O)C(COc1ccccc1F)c1ccco1. The van der Waals surface area contributed by atoms with Crippen molar-refractivity contribution in [1.29, 1.82) is 0 Å². The molecular weight excluding hydrogens is 251 g/mol. The number of carbonyl (C=O) groups excluding carboxylic acids is 1. The smallest absolute Gasteiger partial charge is 0.319 e. The summed E-state index contributed by atoms with van der Waals surface area (Å²) in [5.41, 5.74) is 0. The predicted molar refractivity (Wildman–Crippen MR) is 65.4 cm³/mol. The third kappa shape index (κ3) is 3.13. The first-order valence-electron chi connectivity index (χ1n) is 5.71. The van der Waals surface area contributed by atoms with E-state index in [2.05, 4.69) is 4.74 Å². The van der Waals surface area contributed by atoms with Crippen molar-refractivity contribution in [2.24, 2.45) is 0 Å². The maximum absolute atomic E-state index is 13.4. The highest BCUT2D eigenvalue weighted by atomic mass is 19.1. The van der Waals surface area contributed by atoms with Crippen molar-refractivity contribution in [3.05, 3.63) is 54.2 Å². The number of ether oxygens (including phenoxy) is 2. The fourth-order valence-electron chi connectivity index (χ4n) is 1.63. The van der Waals surface area contributed by atoms with Crippen LogP contribution in [0.3, 0.4) is 0 Å². The van der Waals surface area contributed by atoms with Crippen LogP contribution in [-0.2, 0) is 9.53 Å². The standard InChI is InChI=1S/C14H13FO4/c1-17-14(16)10(12-7-4-8-18-12)9-19-13-6-3-2-5-11(13)15/h2-8,10H,9H2,1H3. The van der Waals surface area contributed by atoms with Gasteiger partial charge in [0, 0.05) is 0 Å². The number of esters is 1. The summed E-state index contributed by atoms with van der Waals surface area (Å²) in [6, 6.07) is 9.30. The summed E-state index contributed by atoms with van der Waals surface area (Å²) in [6.45, 7) is -0.0544. The zero-order valence-electron chi connectivity index (χ0n) is 10.3. The summed E-state index contributed by atoms with van der Waals surface area (Å²) < 4.78 is 28.6. The molecule has 0 aliphatic heterocycles. The molecule has 0 saturated heterocycles. The second-order valence-electron chi connectivity index (χ2n) is 3.83. The number of methoxy groups -OCH3 is 1. The summed E-state index contributed by atoms with van der Waals surface area (Å²) in [6.07, 6.45) is 1.45. The van der Waals surface area contributed by atoms with Gasteiger partial charge in [-0.3, -0.25) is 4.79 Å². The van der Waals surface area contributed by atoms with Gasteiger partial charge in [0.15, 0.2) is 11.6 Å². The van der Waals surface area contributed by atoms with Gasteiger partial charge in [0.1, 0.15) is 18.3 Å². The number of para-hydroxylation sites is 1. The number of carbonyl (C=O) groups is 1. The maximum atomic E-state index is 13.4. The maximum Gasteiger partial charge on any atom is 0.319 e. The Hall–Kier alpha value is -2.30. The lowest BCUT2D eigenvalue weighted by Gasteiger charge is -2.13. The van der Waals surface area contributed by atoms with Crippen LogP contribution in [0.25, 0.3) is 0 Å². The molecule has 1 unspecified atom stereocenters. The molecule has 1 heterocycles. The van der Waals surface area contributed by atoms with Crippen LogP contribution < -0.4 is 4.74 Å². The Kier molecular flexibility index (Phi) is 4.18. The number of furan rings is 1. The van der Waals surface area contributed by atoms with E-state index in [4.69, 9.17) is 9.15 Å². The van der Waals surface area contributed by atoms with Crippen LogP contribution in [0.1, 0.15) is 11.7 Å². The van der Waals surface area contributed by atoms with E-state index in [-0.39, 0.29) is 12.4 Å². The van der Waals surface area contributed by atoms with Crippen LogP contribution >= 0.6 is 0 Å². The Morgan fingerprint density at radius 1 is 1.32 bits per heavy atom. The molecule has 0 saturated carbocycles. The molecule has 0 fully saturated rings. The van der Waals surface area contributed by atoms with Gasteiger partial charge in [-0.15, -0.1) is 0 Å². The molecule has 0 amide bonds. The summed E-state index contributed by atoms with van der Waals surface area (Å²) >= 11 is 0. The Balaban J connectivity index is 2.10. The van der Waals surface area contributed by atoms with Crippen molar-refractivity contribution in [2.45, 2.75) is 5.92 Å². The Morgan fingerprint density at radius 2 is 2.11 bits per heavy atom. The van der Waals surface area contributed by atoms with E-state index >= 15 is 0 Å². The molecule has 2 aromatic rings. The first-order chi connectivity index (χ1) is 9.22. The number of hydrogen-bond donors (Lipinski definition) is 0. The monoisotopic (exact) mass is 264 g/mol. The number of halogens is 1. The van der Waals surface area contributed by atoms with Gasteiger partial charge >= 0.3 is 5.97 Å². The fourth-order valence-corrected chi connectivity index (χ4v) is 1.63. The van der Waals surface area contributed by atoms with Gasteiger partial charge in [-0.25, -0.2) is 4.39 Å². The molecule has 19 heavy (non-hydrogen) atoms. The average molecular weight is 264 g/mol. The lowest BCUT2D eigenvalue weighted by atomic mass is 10.1. The van der Waals surface area contributed by atoms with Gasteiger partial charge in [-0.2, -0.15) is 0 Å². The molecule has 0 radical (unpaired) electrons. The van der Waals surface area contributed by atoms with E-state index in [1.54, 1.807) is 24.3 Å². The first kappa shape index (κ1) is 13.1. The highest BCUT2D eigenvalue weighted by Crippen LogP contribution is 2.22. The first-order valence-corrected chi connectivity index (χ1v) is 5.71. The van der Waals surface area contributed by atoms with Crippen molar-refractivity contribution in [3.63, 3.8) is 0 Å². The highest BCUT2D eigenvalue weighted by molar-refractivity contribution is 5.77. The van der Waals surface area contributed by atoms with E-state index in [0.29, 0.717) is 5.76 Å². The van der Waals surface area contributed by atoms with Crippen molar-refractivity contribution in [2.75, 3.05) is 13.7 Å². The van der Waals surface area contributed by atoms with E-state index in [1.807, 2.05) is 0 Å². The topological polar surface area (TPSA) is 48.7 Å². The molecule has 0 aliphatic carbocycles. The van der Waals surface area contributed by atoms with Gasteiger partial charge in [-0.1, -0.05) is 12.1 Å². The van der Waals surface area contributed by atoms with Crippen molar-refractivity contribution >= 4 is 5.97 Å². The molecule has 0 spiro atoms. The van der Waals surface area contributed by atoms with Crippen LogP contribution in [0.2, 0.25) is 0 Å². The Bertz CT molecular complexity index is 536. The Morgan fingerprint density at radius 3 is 2.74 bits per heavy atom. The molecule has 1 aromatic carbocycles. The molecule has 0 bridgehead atoms. The molecule has 5 heteroatoms. The molecule has 1 aromatic heterocycles. The van der Waals surface area contributed by atoms with Crippen LogP contribution in [0.4, 0.5) is 4.39 Å². The number of hydrogen-bond acceptors (Lipinski definition) is 4. The van der Waals surface area contributed by atoms with Gasteiger partial charge in [-0.05, 0) is 24.3 Å². The average Bonchev–Trinajstić information content (AvgIpc) is 2.94. The molecule has 1 atom stereocenters. The molecule has 100 valence electrons. The van der Waals surface area contributed by atoms with Crippen LogP contribution in [0, 0.1) is 5.82 Å². The number of rotatable bonds is 5. The van der Waals surface area contributed by atoms with E-state index in [9.17, 15) is 9.18 Å². The van der Waals surface area contributed by atoms with Gasteiger partial charge in [0.05, 0.1) is 13.4 Å². The summed E-state index contributed by atoms with van der Waals surface area (Å²) in [5.74, 6) is -1.19. The van der Waals surface area contributed by atoms with Crippen molar-refractivity contribution in [3.8, 4) is 5.75 Å². The molecule has 2 rings (SSSR count). The minimum atomic E-state index is -0.723. The predicted octanol–water partition coefficient (Wildman–Crippen LogP) is 2.75. The zero-order chi connectivity index (χ0) is 13.7. The zero-order valence-corrected chi connectivity index (χ0v) is 10.3. The van der Waals surface area contributed by atoms with Crippen LogP contribution in [0.15, 0.2) is 47.1 Å². The minimum absolute atomic E-state index is 0.0544. The molecule has 0 N–H and O–H groups in total. The second kappa shape index (κ2) is 6.04. The number of benzene rings is 1. The lowest BCUT2D eigenvalue weighted by Crippen LogP contribution is -2.21. The largest absolute Gasteiger partial charge is 0.489 e. The third-order valence-corrected chi connectivity index (χ3v) is 2.61. The highest BCUT2D eigenvalue weighted by Gasteiger charge is 2.25. The van der Waals surface area contributed by atoms with Crippen molar-refractivity contribution < 1.29 is 23.1 Å². The summed E-state index contributed by atoms with van der Waals surface area (Å²) in [4.78, 5) is 11.7. The van der Waals surface area contributed by atoms with Gasteiger partial charge in [0.25, 0.3) is 0 Å². The summed E-state index contributed by atoms with van der Waals surface area (Å²) in [5, 5.41) is 0. The normalized spacial score (nSPS) is 11.9. The van der Waals surface area contributed by atoms with E-state index in [0.717, 1.165) is 0 Å². The lowest BCUT2D eigenvalue weighted by molar-refractivity contribution is -0.143. The van der Waals surface area contributed by atoms with Crippen molar-refractivity contribution in [1.82, 2.24) is 0 Å².